The van der Waals surface area contributed by atoms with Crippen LogP contribution in [0.4, 0.5) is 4.39 Å². The fourth-order valence-corrected chi connectivity index (χ4v) is 2.56. The van der Waals surface area contributed by atoms with Gasteiger partial charge in [0.15, 0.2) is 5.78 Å². The molecule has 0 saturated carbocycles. The Balaban J connectivity index is 2.05. The van der Waals surface area contributed by atoms with E-state index in [9.17, 15) is 14.0 Å². The molecule has 4 nitrogen and oxygen atoms in total. The zero-order valence-corrected chi connectivity index (χ0v) is 12.1. The third-order valence-electron chi connectivity index (χ3n) is 3.71. The van der Waals surface area contributed by atoms with Crippen molar-refractivity contribution in [1.29, 1.82) is 0 Å². The lowest BCUT2D eigenvalue weighted by atomic mass is 10.1. The molecule has 1 aliphatic heterocycles. The predicted molar refractivity (Wildman–Crippen MR) is 78.1 cm³/mol. The average Bonchev–Trinajstić information content (AvgIpc) is 2.48. The van der Waals surface area contributed by atoms with Crippen LogP contribution in [0.2, 0.25) is 0 Å². The van der Waals surface area contributed by atoms with Crippen LogP contribution in [0.1, 0.15) is 12.5 Å². The summed E-state index contributed by atoms with van der Waals surface area (Å²) < 4.78 is 12.9. The number of carbonyl (C=O) groups excluding carboxylic acids is 2. The molecule has 0 aliphatic carbocycles. The summed E-state index contributed by atoms with van der Waals surface area (Å²) in [4.78, 5) is 27.2. The van der Waals surface area contributed by atoms with E-state index in [1.54, 1.807) is 17.0 Å². The van der Waals surface area contributed by atoms with Gasteiger partial charge in [-0.25, -0.2) is 4.39 Å². The quantitative estimate of drug-likeness (QED) is 0.791. The summed E-state index contributed by atoms with van der Waals surface area (Å²) in [5.74, 6) is -0.507. The third kappa shape index (κ3) is 3.76. The van der Waals surface area contributed by atoms with Gasteiger partial charge in [0.25, 0.3) is 0 Å². The summed E-state index contributed by atoms with van der Waals surface area (Å²) in [6.07, 6.45) is 1.24. The number of Topliss-reactive ketones (excluding diaryl/α,β-unsaturated/α-hetero) is 1. The van der Waals surface area contributed by atoms with Crippen molar-refractivity contribution in [2.45, 2.75) is 19.5 Å². The van der Waals surface area contributed by atoms with E-state index >= 15 is 0 Å². The molecular weight excluding hydrogens is 271 g/mol. The van der Waals surface area contributed by atoms with Crippen molar-refractivity contribution < 1.29 is 14.0 Å². The molecule has 1 fully saturated rings. The number of ketones is 1. The van der Waals surface area contributed by atoms with Crippen molar-refractivity contribution in [3.05, 3.63) is 48.3 Å². The number of hydrogen-bond acceptors (Lipinski definition) is 3. The number of amides is 1. The first-order chi connectivity index (χ1) is 10.0. The van der Waals surface area contributed by atoms with Crippen molar-refractivity contribution in [2.75, 3.05) is 19.6 Å². The highest BCUT2D eigenvalue weighted by Gasteiger charge is 2.32. The molecular formula is C16H19FN2O2. The fourth-order valence-electron chi connectivity index (χ4n) is 2.56. The molecule has 1 atom stereocenters. The number of benzene rings is 1. The van der Waals surface area contributed by atoms with Gasteiger partial charge in [-0.2, -0.15) is 0 Å². The molecule has 5 heteroatoms. The first-order valence-electron chi connectivity index (χ1n) is 6.91. The van der Waals surface area contributed by atoms with Gasteiger partial charge in [-0.1, -0.05) is 18.7 Å². The minimum Gasteiger partial charge on any atom is -0.327 e. The van der Waals surface area contributed by atoms with Crippen molar-refractivity contribution in [1.82, 2.24) is 9.80 Å². The zero-order valence-electron chi connectivity index (χ0n) is 12.1. The molecule has 1 aliphatic rings. The van der Waals surface area contributed by atoms with E-state index in [-0.39, 0.29) is 17.5 Å². The van der Waals surface area contributed by atoms with Gasteiger partial charge >= 0.3 is 0 Å². The SMILES string of the molecule is C=CC(=O)N1CCN(Cc2ccc(F)cc2)C[C@H]1C(C)=O. The minimum absolute atomic E-state index is 0.0333. The van der Waals surface area contributed by atoms with Crippen LogP contribution < -0.4 is 0 Å². The van der Waals surface area contributed by atoms with Gasteiger partial charge in [0, 0.05) is 26.2 Å². The molecule has 1 saturated heterocycles. The van der Waals surface area contributed by atoms with Crippen LogP contribution in [-0.2, 0) is 16.1 Å². The Labute approximate surface area is 123 Å². The lowest BCUT2D eigenvalue weighted by Crippen LogP contribution is -2.57. The number of rotatable bonds is 4. The molecule has 0 aromatic heterocycles. The van der Waals surface area contributed by atoms with Crippen molar-refractivity contribution in [3.8, 4) is 0 Å². The lowest BCUT2D eigenvalue weighted by molar-refractivity contribution is -0.138. The maximum absolute atomic E-state index is 12.9. The van der Waals surface area contributed by atoms with Crippen molar-refractivity contribution in [2.24, 2.45) is 0 Å². The molecule has 0 radical (unpaired) electrons. The van der Waals surface area contributed by atoms with Crippen LogP contribution in [0.25, 0.3) is 0 Å². The van der Waals surface area contributed by atoms with Crippen LogP contribution in [0.5, 0.6) is 0 Å². The van der Waals surface area contributed by atoms with E-state index in [1.807, 2.05) is 0 Å². The maximum atomic E-state index is 12.9. The van der Waals surface area contributed by atoms with Gasteiger partial charge in [-0.3, -0.25) is 14.5 Å². The van der Waals surface area contributed by atoms with Crippen molar-refractivity contribution in [3.63, 3.8) is 0 Å². The summed E-state index contributed by atoms with van der Waals surface area (Å²) in [5.41, 5.74) is 0.988. The number of halogens is 1. The topological polar surface area (TPSA) is 40.6 Å². The van der Waals surface area contributed by atoms with E-state index in [4.69, 9.17) is 0 Å². The standard InChI is InChI=1S/C16H19FN2O2/c1-3-16(21)19-9-8-18(11-15(19)12(2)20)10-13-4-6-14(17)7-5-13/h3-7,15H,1,8-11H2,2H3/t15-/m0/s1. The van der Waals surface area contributed by atoms with Gasteiger partial charge in [0.1, 0.15) is 11.9 Å². The molecule has 0 spiro atoms. The van der Waals surface area contributed by atoms with E-state index in [0.29, 0.717) is 26.2 Å². The van der Waals surface area contributed by atoms with Crippen LogP contribution >= 0.6 is 0 Å². The largest absolute Gasteiger partial charge is 0.327 e. The molecule has 1 aromatic rings. The van der Waals surface area contributed by atoms with E-state index in [2.05, 4.69) is 11.5 Å². The summed E-state index contributed by atoms with van der Waals surface area (Å²) in [5, 5.41) is 0. The fraction of sp³-hybridized carbons (Fsp3) is 0.375. The Bertz CT molecular complexity index is 542. The van der Waals surface area contributed by atoms with Gasteiger partial charge in [-0.15, -0.1) is 0 Å². The van der Waals surface area contributed by atoms with Crippen LogP contribution in [0.15, 0.2) is 36.9 Å². The zero-order chi connectivity index (χ0) is 15.4. The Kier molecular flexibility index (Phi) is 4.85. The van der Waals surface area contributed by atoms with Gasteiger partial charge < -0.3 is 4.90 Å². The first-order valence-corrected chi connectivity index (χ1v) is 6.91. The molecule has 21 heavy (non-hydrogen) atoms. The number of nitrogens with zero attached hydrogens (tertiary/aromatic N) is 2. The summed E-state index contributed by atoms with van der Waals surface area (Å²) in [6, 6.07) is 5.88. The highest BCUT2D eigenvalue weighted by Crippen LogP contribution is 2.15. The lowest BCUT2D eigenvalue weighted by Gasteiger charge is -2.39. The number of carbonyl (C=O) groups is 2. The van der Waals surface area contributed by atoms with E-state index < -0.39 is 6.04 Å². The molecule has 112 valence electrons. The Hall–Kier alpha value is -2.01. The van der Waals surface area contributed by atoms with Gasteiger partial charge in [0.05, 0.1) is 0 Å². The highest BCUT2D eigenvalue weighted by molar-refractivity contribution is 5.92. The number of hydrogen-bond donors (Lipinski definition) is 0. The minimum atomic E-state index is -0.440. The smallest absolute Gasteiger partial charge is 0.246 e. The number of piperazine rings is 1. The van der Waals surface area contributed by atoms with Crippen molar-refractivity contribution >= 4 is 11.7 Å². The van der Waals surface area contributed by atoms with Crippen LogP contribution in [0.3, 0.4) is 0 Å². The molecule has 0 bridgehead atoms. The van der Waals surface area contributed by atoms with Gasteiger partial charge in [0.2, 0.25) is 5.91 Å². The molecule has 1 amide bonds. The van der Waals surface area contributed by atoms with E-state index in [0.717, 1.165) is 5.56 Å². The average molecular weight is 290 g/mol. The predicted octanol–water partition coefficient (Wildman–Crippen LogP) is 1.61. The normalized spacial score (nSPS) is 19.3. The Morgan fingerprint density at radius 1 is 1.33 bits per heavy atom. The first kappa shape index (κ1) is 15.4. The summed E-state index contributed by atoms with van der Waals surface area (Å²) >= 11 is 0. The molecule has 0 unspecified atom stereocenters. The molecule has 1 aromatic carbocycles. The molecule has 2 rings (SSSR count). The highest BCUT2D eigenvalue weighted by atomic mass is 19.1. The maximum Gasteiger partial charge on any atom is 0.246 e. The second-order valence-electron chi connectivity index (χ2n) is 5.22. The molecule has 1 heterocycles. The third-order valence-corrected chi connectivity index (χ3v) is 3.71. The van der Waals surface area contributed by atoms with Crippen LogP contribution in [-0.4, -0.2) is 47.2 Å². The summed E-state index contributed by atoms with van der Waals surface area (Å²) in [7, 11) is 0. The second-order valence-corrected chi connectivity index (χ2v) is 5.22. The Morgan fingerprint density at radius 2 is 2.00 bits per heavy atom. The summed E-state index contributed by atoms with van der Waals surface area (Å²) in [6.45, 7) is 7.28. The Morgan fingerprint density at radius 3 is 2.57 bits per heavy atom. The second kappa shape index (κ2) is 6.63. The van der Waals surface area contributed by atoms with Gasteiger partial charge in [-0.05, 0) is 30.7 Å². The monoisotopic (exact) mass is 290 g/mol. The molecule has 0 N–H and O–H groups in total. The van der Waals surface area contributed by atoms with E-state index in [1.165, 1.54) is 25.1 Å². The van der Waals surface area contributed by atoms with Crippen LogP contribution in [0, 0.1) is 5.82 Å².